The molecular weight excluding hydrogens is 411 g/mol. The molecule has 112 valence electrons. The summed E-state index contributed by atoms with van der Waals surface area (Å²) in [4.78, 5) is 0. The Hall–Kier alpha value is -0.210. The van der Waals surface area contributed by atoms with Gasteiger partial charge in [-0.3, -0.25) is 12.2 Å². The Labute approximate surface area is 144 Å². The standard InChI is InChI=1S/C8H18O.2C5H5.Hf/c1-3-5-6-8(4-2)7-9;2*1-2-4-5-3-1;/h8-9H,3-7H2,1-2H3;2*1-3H,4H2;/q;2*-1;. The van der Waals surface area contributed by atoms with E-state index in [1.165, 1.54) is 19.3 Å². The summed E-state index contributed by atoms with van der Waals surface area (Å²) in [6.45, 7) is 4.69. The third-order valence-electron chi connectivity index (χ3n) is 2.97. The topological polar surface area (TPSA) is 20.2 Å². The second kappa shape index (κ2) is 18.8. The summed E-state index contributed by atoms with van der Waals surface area (Å²) in [6.07, 6.45) is 24.8. The van der Waals surface area contributed by atoms with Crippen LogP contribution in [0.15, 0.2) is 36.5 Å². The first-order chi connectivity index (χ1) is 9.35. The fourth-order valence-electron chi connectivity index (χ4n) is 1.60. The maximum atomic E-state index is 8.75. The number of hydrogen-bond donors (Lipinski definition) is 1. The van der Waals surface area contributed by atoms with E-state index in [2.05, 4.69) is 38.2 Å². The van der Waals surface area contributed by atoms with E-state index in [0.29, 0.717) is 12.5 Å². The summed E-state index contributed by atoms with van der Waals surface area (Å²) < 4.78 is 0. The maximum absolute atomic E-state index is 8.75. The molecule has 0 aromatic carbocycles. The zero-order chi connectivity index (χ0) is 14.2. The van der Waals surface area contributed by atoms with E-state index >= 15 is 0 Å². The third-order valence-corrected chi connectivity index (χ3v) is 2.97. The van der Waals surface area contributed by atoms with Crippen LogP contribution in [0.4, 0.5) is 0 Å². The van der Waals surface area contributed by atoms with Crippen LogP contribution >= 0.6 is 0 Å². The van der Waals surface area contributed by atoms with Crippen molar-refractivity contribution in [2.75, 3.05) is 6.61 Å². The van der Waals surface area contributed by atoms with Crippen molar-refractivity contribution < 1.29 is 30.9 Å². The zero-order valence-corrected chi connectivity index (χ0v) is 16.5. The first-order valence-corrected chi connectivity index (χ1v) is 7.39. The fourth-order valence-corrected chi connectivity index (χ4v) is 1.60. The Morgan fingerprint density at radius 2 is 1.60 bits per heavy atom. The van der Waals surface area contributed by atoms with Crippen molar-refractivity contribution >= 4 is 0 Å². The molecule has 0 saturated carbocycles. The van der Waals surface area contributed by atoms with Crippen molar-refractivity contribution in [3.05, 3.63) is 48.6 Å². The fraction of sp³-hybridized carbons (Fsp3) is 0.556. The molecule has 0 heterocycles. The second-order valence-electron chi connectivity index (χ2n) is 4.61. The van der Waals surface area contributed by atoms with E-state index in [-0.39, 0.29) is 25.8 Å². The number of aliphatic hydroxyl groups is 1. The maximum Gasteiger partial charge on any atom is 0.0459 e. The van der Waals surface area contributed by atoms with Crippen LogP contribution in [0.25, 0.3) is 0 Å². The van der Waals surface area contributed by atoms with Crippen LogP contribution in [-0.2, 0) is 25.8 Å². The smallest absolute Gasteiger partial charge is 0.0459 e. The van der Waals surface area contributed by atoms with Crippen LogP contribution in [0, 0.1) is 18.1 Å². The normalized spacial score (nSPS) is 14.9. The average Bonchev–Trinajstić information content (AvgIpc) is 3.18. The van der Waals surface area contributed by atoms with Gasteiger partial charge in [0.15, 0.2) is 0 Å². The number of rotatable bonds is 5. The van der Waals surface area contributed by atoms with Gasteiger partial charge in [-0.05, 0) is 12.3 Å². The van der Waals surface area contributed by atoms with Gasteiger partial charge in [0, 0.05) is 32.5 Å². The zero-order valence-electron chi connectivity index (χ0n) is 12.9. The Morgan fingerprint density at radius 3 is 1.80 bits per heavy atom. The van der Waals surface area contributed by atoms with Gasteiger partial charge < -0.3 is 5.11 Å². The molecule has 20 heavy (non-hydrogen) atoms. The molecule has 2 aliphatic rings. The van der Waals surface area contributed by atoms with Crippen LogP contribution in [0.2, 0.25) is 0 Å². The molecule has 0 aliphatic heterocycles. The Morgan fingerprint density at radius 1 is 1.05 bits per heavy atom. The average molecular weight is 439 g/mol. The van der Waals surface area contributed by atoms with Crippen LogP contribution in [0.1, 0.15) is 52.4 Å². The third kappa shape index (κ3) is 15.8. The Kier molecular flexibility index (Phi) is 20.7. The van der Waals surface area contributed by atoms with Gasteiger partial charge in [-0.15, -0.1) is 12.8 Å². The number of allylic oxidation sites excluding steroid dienone is 8. The number of aliphatic hydroxyl groups excluding tert-OH is 1. The van der Waals surface area contributed by atoms with Crippen molar-refractivity contribution in [1.82, 2.24) is 0 Å². The van der Waals surface area contributed by atoms with Crippen LogP contribution in [0.5, 0.6) is 0 Å². The van der Waals surface area contributed by atoms with Gasteiger partial charge >= 0.3 is 0 Å². The van der Waals surface area contributed by atoms with Crippen molar-refractivity contribution in [3.8, 4) is 0 Å². The summed E-state index contributed by atoms with van der Waals surface area (Å²) in [7, 11) is 0. The van der Waals surface area contributed by atoms with Gasteiger partial charge in [-0.1, -0.05) is 33.1 Å². The molecule has 2 rings (SSSR count). The molecule has 0 bridgehead atoms. The monoisotopic (exact) mass is 440 g/mol. The summed E-state index contributed by atoms with van der Waals surface area (Å²) in [5.74, 6) is 0.560. The largest absolute Gasteiger partial charge is 0.396 e. The summed E-state index contributed by atoms with van der Waals surface area (Å²) in [6, 6.07) is 0. The van der Waals surface area contributed by atoms with Crippen molar-refractivity contribution in [2.24, 2.45) is 5.92 Å². The molecule has 1 atom stereocenters. The number of unbranched alkanes of at least 4 members (excludes halogenated alkanes) is 1. The minimum Gasteiger partial charge on any atom is -0.396 e. The molecule has 1 N–H and O–H groups in total. The van der Waals surface area contributed by atoms with Crippen LogP contribution < -0.4 is 0 Å². The predicted molar refractivity (Wildman–Crippen MR) is 83.5 cm³/mol. The first-order valence-electron chi connectivity index (χ1n) is 7.39. The van der Waals surface area contributed by atoms with Crippen LogP contribution in [0.3, 0.4) is 0 Å². The van der Waals surface area contributed by atoms with E-state index in [4.69, 9.17) is 5.11 Å². The van der Waals surface area contributed by atoms with E-state index in [9.17, 15) is 0 Å². The predicted octanol–water partition coefficient (Wildman–Crippen LogP) is 4.80. The molecule has 0 amide bonds. The molecular formula is C18H28HfO-2. The quantitative estimate of drug-likeness (QED) is 0.482. The first kappa shape index (κ1) is 22.1. The molecule has 2 aliphatic carbocycles. The molecule has 1 nitrogen and oxygen atoms in total. The van der Waals surface area contributed by atoms with E-state index < -0.39 is 0 Å². The van der Waals surface area contributed by atoms with Crippen LogP contribution in [-0.4, -0.2) is 11.7 Å². The molecule has 0 fully saturated rings. The van der Waals surface area contributed by atoms with Crippen molar-refractivity contribution in [2.45, 2.75) is 52.4 Å². The molecule has 2 heteroatoms. The van der Waals surface area contributed by atoms with Crippen molar-refractivity contribution in [3.63, 3.8) is 0 Å². The minimum atomic E-state index is 0. The van der Waals surface area contributed by atoms with Crippen molar-refractivity contribution in [1.29, 1.82) is 0 Å². The van der Waals surface area contributed by atoms with Gasteiger partial charge in [-0.25, -0.2) is 24.3 Å². The Balaban J connectivity index is 0. The Bertz CT molecular complexity index is 244. The van der Waals surface area contributed by atoms with E-state index in [0.717, 1.165) is 19.3 Å². The van der Waals surface area contributed by atoms with Gasteiger partial charge in [-0.2, -0.15) is 12.2 Å². The SMILES string of the molecule is CCCCC(CC)CO.[C-]1=CC=CC1.[C-]1=CC=CC1.[Hf]. The van der Waals surface area contributed by atoms with Gasteiger partial charge in [0.25, 0.3) is 0 Å². The van der Waals surface area contributed by atoms with Gasteiger partial charge in [0.05, 0.1) is 0 Å². The molecule has 1 unspecified atom stereocenters. The molecule has 0 radical (unpaired) electrons. The molecule has 0 saturated heterocycles. The summed E-state index contributed by atoms with van der Waals surface area (Å²) in [5, 5.41) is 8.75. The molecule has 0 aromatic heterocycles. The molecule has 0 aromatic rings. The summed E-state index contributed by atoms with van der Waals surface area (Å²) >= 11 is 0. The van der Waals surface area contributed by atoms with E-state index in [1.807, 2.05) is 24.3 Å². The second-order valence-corrected chi connectivity index (χ2v) is 4.61. The van der Waals surface area contributed by atoms with Gasteiger partial charge in [0.2, 0.25) is 0 Å². The van der Waals surface area contributed by atoms with E-state index in [1.54, 1.807) is 0 Å². The van der Waals surface area contributed by atoms with Gasteiger partial charge in [0.1, 0.15) is 0 Å². The summed E-state index contributed by atoms with van der Waals surface area (Å²) in [5.41, 5.74) is 0. The number of hydrogen-bond acceptors (Lipinski definition) is 1. The minimum absolute atomic E-state index is 0. The molecule has 0 spiro atoms.